The SMILES string of the molecule is O=C(Nc1ccc2c(c1)OCC(=O)N2CCOc1ccccc1)c1ccccc1Br. The lowest BCUT2D eigenvalue weighted by Crippen LogP contribution is -2.41. The number of ether oxygens (including phenoxy) is 2. The zero-order chi connectivity index (χ0) is 20.9. The summed E-state index contributed by atoms with van der Waals surface area (Å²) in [7, 11) is 0. The molecule has 30 heavy (non-hydrogen) atoms. The van der Waals surface area contributed by atoms with Crippen LogP contribution < -0.4 is 19.7 Å². The molecule has 0 saturated heterocycles. The molecule has 0 atom stereocenters. The Morgan fingerprint density at radius 1 is 1.07 bits per heavy atom. The van der Waals surface area contributed by atoms with Crippen LogP contribution in [-0.2, 0) is 4.79 Å². The minimum Gasteiger partial charge on any atom is -0.492 e. The van der Waals surface area contributed by atoms with E-state index < -0.39 is 0 Å². The number of rotatable bonds is 6. The van der Waals surface area contributed by atoms with Crippen LogP contribution in [0.3, 0.4) is 0 Å². The summed E-state index contributed by atoms with van der Waals surface area (Å²) in [4.78, 5) is 26.5. The Hall–Kier alpha value is -3.32. The third kappa shape index (κ3) is 4.46. The summed E-state index contributed by atoms with van der Waals surface area (Å²) in [5.41, 5.74) is 1.78. The number of halogens is 1. The van der Waals surface area contributed by atoms with Crippen molar-refractivity contribution in [3.63, 3.8) is 0 Å². The van der Waals surface area contributed by atoms with E-state index >= 15 is 0 Å². The van der Waals surface area contributed by atoms with Crippen LogP contribution in [0.5, 0.6) is 11.5 Å². The standard InChI is InChI=1S/C23H19BrN2O4/c24-19-9-5-4-8-18(19)23(28)25-16-10-11-20-21(14-16)30-15-22(27)26(20)12-13-29-17-6-2-1-3-7-17/h1-11,14H,12-13,15H2,(H,25,28). The first-order valence-corrected chi connectivity index (χ1v) is 10.2. The van der Waals surface area contributed by atoms with E-state index in [0.717, 1.165) is 5.75 Å². The topological polar surface area (TPSA) is 67.9 Å². The van der Waals surface area contributed by atoms with E-state index in [1.807, 2.05) is 42.5 Å². The monoisotopic (exact) mass is 466 g/mol. The summed E-state index contributed by atoms with van der Waals surface area (Å²) in [5, 5.41) is 2.86. The first-order valence-electron chi connectivity index (χ1n) is 9.43. The van der Waals surface area contributed by atoms with E-state index in [9.17, 15) is 9.59 Å². The number of amides is 2. The van der Waals surface area contributed by atoms with Crippen LogP contribution in [0.15, 0.2) is 77.3 Å². The van der Waals surface area contributed by atoms with Crippen molar-refractivity contribution in [2.75, 3.05) is 30.0 Å². The number of nitrogens with zero attached hydrogens (tertiary/aromatic N) is 1. The fourth-order valence-corrected chi connectivity index (χ4v) is 3.61. The first-order chi connectivity index (χ1) is 14.6. The maximum atomic E-state index is 12.5. The van der Waals surface area contributed by atoms with Crippen LogP contribution in [-0.4, -0.2) is 31.6 Å². The predicted octanol–water partition coefficient (Wildman–Crippen LogP) is 4.51. The summed E-state index contributed by atoms with van der Waals surface area (Å²) in [6, 6.07) is 21.9. The highest BCUT2D eigenvalue weighted by molar-refractivity contribution is 9.10. The number of fused-ring (bicyclic) bond motifs is 1. The summed E-state index contributed by atoms with van der Waals surface area (Å²) in [6.45, 7) is 0.697. The zero-order valence-electron chi connectivity index (χ0n) is 16.0. The van der Waals surface area contributed by atoms with E-state index in [1.54, 1.807) is 35.2 Å². The molecular formula is C23H19BrN2O4. The summed E-state index contributed by atoms with van der Waals surface area (Å²) in [6.07, 6.45) is 0. The molecule has 7 heteroatoms. The van der Waals surface area contributed by atoms with Crippen LogP contribution in [0.4, 0.5) is 11.4 Å². The fourth-order valence-electron chi connectivity index (χ4n) is 3.14. The van der Waals surface area contributed by atoms with E-state index in [4.69, 9.17) is 9.47 Å². The van der Waals surface area contributed by atoms with Crippen molar-refractivity contribution in [3.05, 3.63) is 82.8 Å². The molecule has 1 aliphatic heterocycles. The second-order valence-electron chi connectivity index (χ2n) is 6.61. The van der Waals surface area contributed by atoms with Crippen molar-refractivity contribution in [2.45, 2.75) is 0 Å². The molecule has 1 heterocycles. The lowest BCUT2D eigenvalue weighted by molar-refractivity contribution is -0.121. The smallest absolute Gasteiger partial charge is 0.265 e. The molecule has 0 unspecified atom stereocenters. The van der Waals surface area contributed by atoms with E-state index in [-0.39, 0.29) is 18.4 Å². The van der Waals surface area contributed by atoms with Gasteiger partial charge in [0.05, 0.1) is 17.8 Å². The molecule has 2 amide bonds. The maximum Gasteiger partial charge on any atom is 0.265 e. The van der Waals surface area contributed by atoms with Crippen molar-refractivity contribution in [1.29, 1.82) is 0 Å². The van der Waals surface area contributed by atoms with Gasteiger partial charge in [-0.25, -0.2) is 0 Å². The van der Waals surface area contributed by atoms with Gasteiger partial charge in [-0.3, -0.25) is 9.59 Å². The third-order valence-electron chi connectivity index (χ3n) is 4.61. The summed E-state index contributed by atoms with van der Waals surface area (Å²) in [5.74, 6) is 0.925. The van der Waals surface area contributed by atoms with Crippen molar-refractivity contribution in [1.82, 2.24) is 0 Å². The van der Waals surface area contributed by atoms with Gasteiger partial charge in [-0.1, -0.05) is 30.3 Å². The van der Waals surface area contributed by atoms with E-state index in [0.29, 0.717) is 40.3 Å². The molecule has 1 aliphatic rings. The highest BCUT2D eigenvalue weighted by Crippen LogP contribution is 2.34. The van der Waals surface area contributed by atoms with Gasteiger partial charge in [-0.15, -0.1) is 0 Å². The molecule has 0 aliphatic carbocycles. The first kappa shape index (κ1) is 20.0. The van der Waals surface area contributed by atoms with Crippen molar-refractivity contribution < 1.29 is 19.1 Å². The minimum atomic E-state index is -0.234. The zero-order valence-corrected chi connectivity index (χ0v) is 17.6. The van der Waals surface area contributed by atoms with Crippen LogP contribution in [0.1, 0.15) is 10.4 Å². The molecule has 0 saturated carbocycles. The van der Waals surface area contributed by atoms with Crippen LogP contribution >= 0.6 is 15.9 Å². The second kappa shape index (κ2) is 9.00. The summed E-state index contributed by atoms with van der Waals surface area (Å²) < 4.78 is 12.0. The Kier molecular flexibility index (Phi) is 5.99. The predicted molar refractivity (Wildman–Crippen MR) is 118 cm³/mol. The molecule has 0 fully saturated rings. The normalized spacial score (nSPS) is 12.7. The summed E-state index contributed by atoms with van der Waals surface area (Å²) >= 11 is 3.38. The number of hydrogen-bond acceptors (Lipinski definition) is 4. The van der Waals surface area contributed by atoms with Gasteiger partial charge in [-0.2, -0.15) is 0 Å². The molecule has 1 N–H and O–H groups in total. The molecular weight excluding hydrogens is 448 g/mol. The van der Waals surface area contributed by atoms with Gasteiger partial charge in [0.25, 0.3) is 11.8 Å². The van der Waals surface area contributed by atoms with Gasteiger partial charge in [0.15, 0.2) is 6.61 Å². The average Bonchev–Trinajstić information content (AvgIpc) is 2.76. The number of nitrogens with one attached hydrogen (secondary N) is 1. The number of para-hydroxylation sites is 1. The fraction of sp³-hybridized carbons (Fsp3) is 0.130. The number of benzene rings is 3. The maximum absolute atomic E-state index is 12.5. The molecule has 3 aromatic carbocycles. The lowest BCUT2D eigenvalue weighted by atomic mass is 10.2. The largest absolute Gasteiger partial charge is 0.492 e. The quantitative estimate of drug-likeness (QED) is 0.580. The number of hydrogen-bond donors (Lipinski definition) is 1. The number of carbonyl (C=O) groups is 2. The van der Waals surface area contributed by atoms with Gasteiger partial charge in [0.2, 0.25) is 0 Å². The minimum absolute atomic E-state index is 0.0556. The van der Waals surface area contributed by atoms with Gasteiger partial charge in [0.1, 0.15) is 18.1 Å². The Bertz CT molecular complexity index is 1070. The Morgan fingerprint density at radius 3 is 2.63 bits per heavy atom. The van der Waals surface area contributed by atoms with E-state index in [2.05, 4.69) is 21.2 Å². The van der Waals surface area contributed by atoms with Crippen LogP contribution in [0, 0.1) is 0 Å². The van der Waals surface area contributed by atoms with Crippen molar-refractivity contribution >= 4 is 39.1 Å². The Labute approximate surface area is 182 Å². The highest BCUT2D eigenvalue weighted by atomic mass is 79.9. The third-order valence-corrected chi connectivity index (χ3v) is 5.30. The highest BCUT2D eigenvalue weighted by Gasteiger charge is 2.26. The molecule has 4 rings (SSSR count). The van der Waals surface area contributed by atoms with Crippen LogP contribution in [0.2, 0.25) is 0 Å². The molecule has 0 radical (unpaired) electrons. The Balaban J connectivity index is 1.46. The van der Waals surface area contributed by atoms with Gasteiger partial charge < -0.3 is 19.7 Å². The van der Waals surface area contributed by atoms with Crippen molar-refractivity contribution in [2.24, 2.45) is 0 Å². The molecule has 152 valence electrons. The average molecular weight is 467 g/mol. The van der Waals surface area contributed by atoms with Gasteiger partial charge in [-0.05, 0) is 52.3 Å². The number of carbonyl (C=O) groups excluding carboxylic acids is 2. The lowest BCUT2D eigenvalue weighted by Gasteiger charge is -2.29. The molecule has 0 aromatic heterocycles. The molecule has 0 bridgehead atoms. The second-order valence-corrected chi connectivity index (χ2v) is 7.47. The van der Waals surface area contributed by atoms with Gasteiger partial charge in [0, 0.05) is 16.2 Å². The molecule has 0 spiro atoms. The molecule has 6 nitrogen and oxygen atoms in total. The van der Waals surface area contributed by atoms with Crippen molar-refractivity contribution in [3.8, 4) is 11.5 Å². The Morgan fingerprint density at radius 2 is 1.83 bits per heavy atom. The van der Waals surface area contributed by atoms with E-state index in [1.165, 1.54) is 0 Å². The molecule has 3 aromatic rings. The number of anilines is 2. The van der Waals surface area contributed by atoms with Crippen LogP contribution in [0.25, 0.3) is 0 Å². The van der Waals surface area contributed by atoms with Gasteiger partial charge >= 0.3 is 0 Å².